The van der Waals surface area contributed by atoms with Crippen LogP contribution in [0.2, 0.25) is 0 Å². The summed E-state index contributed by atoms with van der Waals surface area (Å²) in [7, 11) is -5.95. The molecule has 1 N–H and O–H groups in total. The first-order valence-electron chi connectivity index (χ1n) is 8.59. The van der Waals surface area contributed by atoms with E-state index >= 15 is 0 Å². The summed E-state index contributed by atoms with van der Waals surface area (Å²) in [4.78, 5) is 35.9. The Morgan fingerprint density at radius 1 is 1.13 bits per heavy atom. The van der Waals surface area contributed by atoms with Crippen molar-refractivity contribution < 1.29 is 67.9 Å². The van der Waals surface area contributed by atoms with Gasteiger partial charge in [0.25, 0.3) is 10.1 Å². The van der Waals surface area contributed by atoms with Crippen LogP contribution in [0.15, 0.2) is 0 Å². The van der Waals surface area contributed by atoms with E-state index in [1.807, 2.05) is 0 Å². The van der Waals surface area contributed by atoms with Crippen molar-refractivity contribution in [1.82, 2.24) is 0 Å². The molecule has 0 amide bonds. The molecule has 0 radical (unpaired) electrons. The normalized spacial score (nSPS) is 32.7. The minimum Gasteiger partial charge on any atom is -0.458 e. The lowest BCUT2D eigenvalue weighted by atomic mass is 9.78. The molecule has 0 aromatic carbocycles. The Labute approximate surface area is 169 Å². The summed E-state index contributed by atoms with van der Waals surface area (Å²) in [5, 5.41) is 0. The zero-order chi connectivity index (χ0) is 23.7. The Bertz CT molecular complexity index is 897. The van der Waals surface area contributed by atoms with Crippen LogP contribution in [0.4, 0.5) is 26.3 Å². The number of rotatable bonds is 5. The molecule has 2 bridgehead atoms. The maximum atomic E-state index is 13.4. The van der Waals surface area contributed by atoms with E-state index in [4.69, 9.17) is 14.0 Å². The first-order valence-corrected chi connectivity index (χ1v) is 10.2. The highest BCUT2D eigenvalue weighted by molar-refractivity contribution is 7.85. The molecular weight excluding hydrogens is 470 g/mol. The second kappa shape index (κ2) is 6.95. The van der Waals surface area contributed by atoms with Gasteiger partial charge < -0.3 is 14.2 Å². The van der Waals surface area contributed by atoms with E-state index in [2.05, 4.69) is 4.74 Å². The third-order valence-corrected chi connectivity index (χ3v) is 6.47. The Balaban J connectivity index is 2.00. The third kappa shape index (κ3) is 3.72. The smallest absolute Gasteiger partial charge is 0.438 e. The summed E-state index contributed by atoms with van der Waals surface area (Å²) in [5.41, 5.74) is -5.59. The topological polar surface area (TPSA) is 133 Å². The number of carbonyl (C=O) groups is 3. The standard InChI is InChI=1S/C15H14F6O9S/c1-4(22)28-9-6-2-5-7(11(23)29-10(5)9)8(6)12(24)30-13(14(16,17)18,15(19,20)21)3-31(25,26)27/h5-10H,2-3H2,1H3,(H,25,26,27). The number of ether oxygens (including phenoxy) is 3. The molecule has 1 saturated heterocycles. The predicted octanol–water partition coefficient (Wildman–Crippen LogP) is 1.02. The number of alkyl halides is 6. The molecule has 176 valence electrons. The Morgan fingerprint density at radius 2 is 1.68 bits per heavy atom. The van der Waals surface area contributed by atoms with Crippen molar-refractivity contribution in [1.29, 1.82) is 0 Å². The number of hydrogen-bond acceptors (Lipinski definition) is 8. The zero-order valence-electron chi connectivity index (χ0n) is 15.3. The molecule has 2 saturated carbocycles. The molecule has 3 fully saturated rings. The summed E-state index contributed by atoms with van der Waals surface area (Å²) in [6.45, 7) is 0.956. The summed E-state index contributed by atoms with van der Waals surface area (Å²) < 4.78 is 125. The second-order valence-electron chi connectivity index (χ2n) is 7.56. The van der Waals surface area contributed by atoms with Crippen LogP contribution in [0.25, 0.3) is 0 Å². The number of fused-ring (bicyclic) bond motifs is 1. The number of esters is 3. The van der Waals surface area contributed by atoms with Gasteiger partial charge >= 0.3 is 35.9 Å². The van der Waals surface area contributed by atoms with Gasteiger partial charge in [0.2, 0.25) is 0 Å². The van der Waals surface area contributed by atoms with E-state index in [9.17, 15) is 49.1 Å². The lowest BCUT2D eigenvalue weighted by Gasteiger charge is -2.37. The van der Waals surface area contributed by atoms with Gasteiger partial charge in [0.1, 0.15) is 18.0 Å². The van der Waals surface area contributed by atoms with E-state index < -0.39 is 87.6 Å². The largest absolute Gasteiger partial charge is 0.458 e. The second-order valence-corrected chi connectivity index (χ2v) is 9.01. The molecule has 3 rings (SSSR count). The lowest BCUT2D eigenvalue weighted by molar-refractivity contribution is -0.362. The Morgan fingerprint density at radius 3 is 2.13 bits per heavy atom. The van der Waals surface area contributed by atoms with Crippen molar-refractivity contribution in [2.45, 2.75) is 43.5 Å². The van der Waals surface area contributed by atoms with Crippen molar-refractivity contribution in [2.24, 2.45) is 23.7 Å². The molecule has 3 aliphatic rings. The minimum atomic E-state index is -6.50. The van der Waals surface area contributed by atoms with Crippen LogP contribution in [0, 0.1) is 23.7 Å². The summed E-state index contributed by atoms with van der Waals surface area (Å²) >= 11 is 0. The van der Waals surface area contributed by atoms with Crippen LogP contribution in [-0.2, 0) is 38.7 Å². The molecule has 6 unspecified atom stereocenters. The van der Waals surface area contributed by atoms with Crippen molar-refractivity contribution in [3.63, 3.8) is 0 Å². The number of halogens is 6. The summed E-state index contributed by atoms with van der Waals surface area (Å²) in [5.74, 6) is -12.6. The van der Waals surface area contributed by atoms with E-state index in [1.165, 1.54) is 0 Å². The van der Waals surface area contributed by atoms with Crippen LogP contribution in [0.1, 0.15) is 13.3 Å². The molecule has 0 aromatic heterocycles. The molecule has 31 heavy (non-hydrogen) atoms. The zero-order valence-corrected chi connectivity index (χ0v) is 16.1. The van der Waals surface area contributed by atoms with Crippen molar-refractivity contribution in [3.05, 3.63) is 0 Å². The first kappa shape index (κ1) is 23.6. The van der Waals surface area contributed by atoms with Gasteiger partial charge in [0.05, 0.1) is 11.8 Å². The molecule has 0 aromatic rings. The van der Waals surface area contributed by atoms with Gasteiger partial charge in [0.15, 0.2) is 0 Å². The molecule has 1 aliphatic heterocycles. The van der Waals surface area contributed by atoms with Crippen LogP contribution in [0.3, 0.4) is 0 Å². The fourth-order valence-electron chi connectivity index (χ4n) is 4.63. The predicted molar refractivity (Wildman–Crippen MR) is 81.4 cm³/mol. The highest BCUT2D eigenvalue weighted by Gasteiger charge is 2.77. The van der Waals surface area contributed by atoms with Gasteiger partial charge in [-0.2, -0.15) is 34.8 Å². The van der Waals surface area contributed by atoms with Crippen molar-refractivity contribution in [2.75, 3.05) is 5.75 Å². The quantitative estimate of drug-likeness (QED) is 0.263. The average molecular weight is 484 g/mol. The van der Waals surface area contributed by atoms with E-state index in [-0.39, 0.29) is 6.42 Å². The Kier molecular flexibility index (Phi) is 5.28. The molecule has 9 nitrogen and oxygen atoms in total. The highest BCUT2D eigenvalue weighted by Crippen LogP contribution is 2.59. The monoisotopic (exact) mass is 484 g/mol. The Hall–Kier alpha value is -2.10. The van der Waals surface area contributed by atoms with E-state index in [0.29, 0.717) is 0 Å². The molecular formula is C15H14F6O9S. The van der Waals surface area contributed by atoms with Gasteiger partial charge in [0, 0.05) is 18.8 Å². The van der Waals surface area contributed by atoms with Gasteiger partial charge in [-0.25, -0.2) is 0 Å². The highest BCUT2D eigenvalue weighted by atomic mass is 32.2. The maximum Gasteiger partial charge on any atom is 0.438 e. The SMILES string of the molecule is CC(=O)OC1C2CC3C1OC(=O)C3C2C(=O)OC(CS(=O)(=O)O)(C(F)(F)F)C(F)(F)F. The van der Waals surface area contributed by atoms with Crippen LogP contribution < -0.4 is 0 Å². The van der Waals surface area contributed by atoms with Crippen LogP contribution in [0.5, 0.6) is 0 Å². The van der Waals surface area contributed by atoms with Crippen molar-refractivity contribution >= 4 is 28.0 Å². The maximum absolute atomic E-state index is 13.4. The number of carbonyl (C=O) groups excluding carboxylic acids is 3. The molecule has 16 heteroatoms. The van der Waals surface area contributed by atoms with Gasteiger partial charge in [-0.3, -0.25) is 18.9 Å². The van der Waals surface area contributed by atoms with Crippen LogP contribution >= 0.6 is 0 Å². The number of hydrogen-bond donors (Lipinski definition) is 1. The molecule has 0 spiro atoms. The fourth-order valence-corrected chi connectivity index (χ4v) is 5.53. The van der Waals surface area contributed by atoms with Crippen molar-refractivity contribution in [3.8, 4) is 0 Å². The van der Waals surface area contributed by atoms with Crippen LogP contribution in [-0.4, -0.2) is 66.8 Å². The average Bonchev–Trinajstić information content (AvgIpc) is 3.13. The lowest BCUT2D eigenvalue weighted by Crippen LogP contribution is -2.64. The third-order valence-electron chi connectivity index (χ3n) is 5.70. The molecule has 6 atom stereocenters. The van der Waals surface area contributed by atoms with Gasteiger partial charge in [-0.15, -0.1) is 0 Å². The van der Waals surface area contributed by atoms with E-state index in [0.717, 1.165) is 6.92 Å². The summed E-state index contributed by atoms with van der Waals surface area (Å²) in [6.07, 6.45) is -15.4. The first-order chi connectivity index (χ1) is 13.9. The van der Waals surface area contributed by atoms with Gasteiger partial charge in [-0.1, -0.05) is 0 Å². The molecule has 1 heterocycles. The summed E-state index contributed by atoms with van der Waals surface area (Å²) in [6, 6.07) is 0. The molecule has 2 aliphatic carbocycles. The van der Waals surface area contributed by atoms with Gasteiger partial charge in [-0.05, 0) is 6.42 Å². The van der Waals surface area contributed by atoms with E-state index in [1.54, 1.807) is 0 Å². The fraction of sp³-hybridized carbons (Fsp3) is 0.800. The minimum absolute atomic E-state index is 0.0812.